The molecule has 5 atom stereocenters. The Kier molecular flexibility index (Phi) is 17.2. The Morgan fingerprint density at radius 2 is 1.77 bits per heavy atom. The Hall–Kier alpha value is -2.71. The van der Waals surface area contributed by atoms with Crippen molar-refractivity contribution in [1.29, 1.82) is 0 Å². The summed E-state index contributed by atoms with van der Waals surface area (Å²) in [5.41, 5.74) is 5.15. The lowest BCUT2D eigenvalue weighted by Crippen LogP contribution is -2.29. The summed E-state index contributed by atoms with van der Waals surface area (Å²) in [4.78, 5) is 21.7. The second-order valence-electron chi connectivity index (χ2n) is 11.6. The summed E-state index contributed by atoms with van der Waals surface area (Å²) in [5.74, 6) is 0.00718. The normalized spacial score (nSPS) is 18.7. The van der Waals surface area contributed by atoms with Gasteiger partial charge in [-0.25, -0.2) is 4.79 Å². The van der Waals surface area contributed by atoms with E-state index < -0.39 is 31.9 Å². The van der Waals surface area contributed by atoms with Crippen molar-refractivity contribution in [3.8, 4) is 0 Å². The largest absolute Gasteiger partial charge is 0.627 e. The highest BCUT2D eigenvalue weighted by Gasteiger charge is 2.43. The first-order chi connectivity index (χ1) is 22.3. The van der Waals surface area contributed by atoms with Crippen molar-refractivity contribution < 1.29 is 28.6 Å². The molecule has 0 aliphatic carbocycles. The van der Waals surface area contributed by atoms with Gasteiger partial charge in [0.25, 0.3) is 0 Å². The van der Waals surface area contributed by atoms with E-state index in [1.165, 1.54) is 30.4 Å². The van der Waals surface area contributed by atoms with Gasteiger partial charge in [0, 0.05) is 39.0 Å². The first kappa shape index (κ1) is 40.5. The van der Waals surface area contributed by atoms with E-state index >= 15 is 0 Å². The molecule has 0 amide bonds. The van der Waals surface area contributed by atoms with Gasteiger partial charge in [0.05, 0.1) is 6.10 Å². The molecule has 1 aliphatic heterocycles. The smallest absolute Gasteiger partial charge is 0.383 e. The third kappa shape index (κ3) is 13.4. The molecule has 15 heteroatoms. The molecule has 0 spiro atoms. The van der Waals surface area contributed by atoms with Crippen molar-refractivity contribution in [2.75, 3.05) is 12.3 Å². The molecule has 2 aromatic heterocycles. The van der Waals surface area contributed by atoms with Crippen LogP contribution < -0.4 is 11.4 Å². The third-order valence-corrected chi connectivity index (χ3v) is 9.51. The molecular weight excluding hydrogens is 643 g/mol. The zero-order chi connectivity index (χ0) is 35.1. The van der Waals surface area contributed by atoms with E-state index in [1.54, 1.807) is 16.3 Å². The average molecular weight is 696 g/mol. The molecule has 13 nitrogen and oxygen atoms in total. The number of hydrogen-bond donors (Lipinski definition) is 3. The molecule has 0 saturated carbocycles. The predicted octanol–water partition coefficient (Wildman–Crippen LogP) is 6.99. The fourth-order valence-electron chi connectivity index (χ4n) is 4.81. The molecular formula is C32H52N6O7PS+. The molecule has 3 aromatic rings. The van der Waals surface area contributed by atoms with Gasteiger partial charge < -0.3 is 25.2 Å². The highest BCUT2D eigenvalue weighted by atomic mass is 32.2. The van der Waals surface area contributed by atoms with Crippen LogP contribution in [0.2, 0.25) is 0 Å². The predicted molar refractivity (Wildman–Crippen MR) is 183 cm³/mol. The number of nitrogens with two attached hydrogens (primary N) is 1. The summed E-state index contributed by atoms with van der Waals surface area (Å²) in [6.07, 6.45) is 5.41. The fourth-order valence-corrected chi connectivity index (χ4v) is 7.03. The summed E-state index contributed by atoms with van der Waals surface area (Å²) in [6, 6.07) is 10.7. The molecule has 1 unspecified atom stereocenters. The second-order valence-corrected chi connectivity index (χ2v) is 14.1. The highest BCUT2D eigenvalue weighted by Crippen LogP contribution is 2.47. The van der Waals surface area contributed by atoms with E-state index in [9.17, 15) is 9.36 Å². The zero-order valence-electron chi connectivity index (χ0n) is 28.8. The molecule has 0 radical (unpaired) electrons. The number of rotatable bonds is 14. The molecule has 1 aromatic carbocycles. The Morgan fingerprint density at radius 3 is 2.34 bits per heavy atom. The van der Waals surface area contributed by atoms with Crippen LogP contribution >= 0.6 is 20.1 Å². The summed E-state index contributed by atoms with van der Waals surface area (Å²) < 4.78 is 34.4. The number of ether oxygens (including phenoxy) is 1. The van der Waals surface area contributed by atoms with Gasteiger partial charge in [-0.2, -0.15) is 9.97 Å². The van der Waals surface area contributed by atoms with Crippen LogP contribution in [-0.2, 0) is 13.8 Å². The molecule has 4 rings (SSSR count). The van der Waals surface area contributed by atoms with E-state index in [-0.39, 0.29) is 30.4 Å². The third-order valence-electron chi connectivity index (χ3n) is 6.84. The van der Waals surface area contributed by atoms with Crippen molar-refractivity contribution in [3.05, 3.63) is 64.8 Å². The van der Waals surface area contributed by atoms with Crippen molar-refractivity contribution in [3.63, 3.8) is 0 Å². The Morgan fingerprint density at radius 1 is 1.15 bits per heavy atom. The van der Waals surface area contributed by atoms with Crippen molar-refractivity contribution in [2.45, 2.75) is 122 Å². The lowest BCUT2D eigenvalue weighted by atomic mass is 9.98. The SMILES string of the molecule is CC.CC(C)(O)O.CCCC(CCC)c1noc([C@H](C)N(Sc2ccccc2)[P+](=O)OC[C@@H]2C[C@H](C)[C@H](n3ccc(N)nc3=O)O2)n1. The molecule has 1 fully saturated rings. The summed E-state index contributed by atoms with van der Waals surface area (Å²) in [6.45, 7) is 14.9. The van der Waals surface area contributed by atoms with Crippen LogP contribution in [0, 0.1) is 5.92 Å². The number of anilines is 1. The standard InChI is InChI=1S/C27H37N6O5PS.C3H8O2.C2H6/c1-5-10-20(11-6-2)24-30-25(38-31-24)19(4)33(40-22-12-8-7-9-13-22)39(35)36-17-21-16-18(3)26(37-21)32-15-14-23(28)29-27(32)34;1-3(2,4)5;1-2/h7-9,12-15,18-21,26H,5-6,10-11,16-17H2,1-4H3,(H-,28,29,34);4-5H,1-2H3;1-2H3/p+1/t18-,19-,21-,26+;;/m0../s1. The second kappa shape index (κ2) is 20.0. The summed E-state index contributed by atoms with van der Waals surface area (Å²) in [7, 11) is -2.32. The average Bonchev–Trinajstić information content (AvgIpc) is 3.66. The van der Waals surface area contributed by atoms with Gasteiger partial charge in [-0.3, -0.25) is 4.57 Å². The monoisotopic (exact) mass is 695 g/mol. The van der Waals surface area contributed by atoms with Gasteiger partial charge in [-0.15, -0.1) is 4.52 Å². The van der Waals surface area contributed by atoms with E-state index in [0.717, 1.165) is 30.6 Å². The van der Waals surface area contributed by atoms with Crippen LogP contribution in [0.3, 0.4) is 0 Å². The van der Waals surface area contributed by atoms with Crippen molar-refractivity contribution >= 4 is 25.9 Å². The minimum Gasteiger partial charge on any atom is -0.383 e. The minimum absolute atomic E-state index is 0.0272. The number of benzene rings is 1. The quantitative estimate of drug-likeness (QED) is 0.0893. The van der Waals surface area contributed by atoms with Crippen LogP contribution in [-0.4, -0.2) is 52.5 Å². The molecule has 262 valence electrons. The van der Waals surface area contributed by atoms with Crippen LogP contribution in [0.5, 0.6) is 0 Å². The lowest BCUT2D eigenvalue weighted by molar-refractivity contribution is -0.127. The fraction of sp³-hybridized carbons (Fsp3) is 0.625. The molecule has 1 saturated heterocycles. The van der Waals surface area contributed by atoms with Gasteiger partial charge in [0.15, 0.2) is 11.6 Å². The van der Waals surface area contributed by atoms with E-state index in [4.69, 9.17) is 34.7 Å². The maximum Gasteiger partial charge on any atom is 0.627 e. The van der Waals surface area contributed by atoms with Gasteiger partial charge in [0.1, 0.15) is 24.7 Å². The minimum atomic E-state index is -2.32. The summed E-state index contributed by atoms with van der Waals surface area (Å²) >= 11 is 1.31. The van der Waals surface area contributed by atoms with Gasteiger partial charge >= 0.3 is 13.9 Å². The molecule has 3 heterocycles. The Bertz CT molecular complexity index is 1390. The van der Waals surface area contributed by atoms with Gasteiger partial charge in [-0.05, 0) is 62.8 Å². The molecule has 1 aliphatic rings. The van der Waals surface area contributed by atoms with Crippen LogP contribution in [0.1, 0.15) is 117 Å². The van der Waals surface area contributed by atoms with E-state index in [1.807, 2.05) is 58.0 Å². The molecule has 4 N–H and O–H groups in total. The van der Waals surface area contributed by atoms with Gasteiger partial charge in [-0.1, -0.05) is 70.8 Å². The van der Waals surface area contributed by atoms with E-state index in [0.29, 0.717) is 18.1 Å². The number of aliphatic hydroxyl groups is 2. The van der Waals surface area contributed by atoms with Crippen LogP contribution in [0.15, 0.2) is 56.8 Å². The van der Waals surface area contributed by atoms with Crippen LogP contribution in [0.4, 0.5) is 5.82 Å². The molecule has 0 bridgehead atoms. The van der Waals surface area contributed by atoms with Gasteiger partial charge in [0.2, 0.25) is 5.89 Å². The maximum atomic E-state index is 13.6. The highest BCUT2D eigenvalue weighted by molar-refractivity contribution is 8.00. The van der Waals surface area contributed by atoms with Crippen molar-refractivity contribution in [2.24, 2.45) is 5.92 Å². The topological polar surface area (TPSA) is 179 Å². The lowest BCUT2D eigenvalue weighted by Gasteiger charge is -2.17. The first-order valence-electron chi connectivity index (χ1n) is 16.2. The first-order valence-corrected chi connectivity index (χ1v) is 18.1. The summed E-state index contributed by atoms with van der Waals surface area (Å²) in [5, 5.41) is 20.4. The zero-order valence-corrected chi connectivity index (χ0v) is 30.5. The number of nitrogen functional groups attached to an aromatic ring is 1. The molecule has 47 heavy (non-hydrogen) atoms. The number of nitrogens with zero attached hydrogens (tertiary/aromatic N) is 5. The van der Waals surface area contributed by atoms with Crippen molar-refractivity contribution in [1.82, 2.24) is 23.8 Å². The van der Waals surface area contributed by atoms with Crippen LogP contribution in [0.25, 0.3) is 0 Å². The Balaban J connectivity index is 0.00000100. The maximum absolute atomic E-state index is 13.6. The number of aromatic nitrogens is 4. The number of hydrogen-bond acceptors (Lipinski definition) is 12. The van der Waals surface area contributed by atoms with E-state index in [2.05, 4.69) is 24.0 Å². The Labute approximate surface area is 283 Å².